The second kappa shape index (κ2) is 6.65. The number of fused-ring (bicyclic) bond motifs is 2. The lowest BCUT2D eigenvalue weighted by atomic mass is 10.0. The van der Waals surface area contributed by atoms with Crippen LogP contribution < -0.4 is 0 Å². The number of hydrogen-bond donors (Lipinski definition) is 1. The number of aliphatic hydroxyl groups is 1. The highest BCUT2D eigenvalue weighted by atomic mass is 32.2. The quantitative estimate of drug-likeness (QED) is 0.922. The van der Waals surface area contributed by atoms with Crippen molar-refractivity contribution in [2.45, 2.75) is 50.0 Å². The lowest BCUT2D eigenvalue weighted by Crippen LogP contribution is -2.54. The van der Waals surface area contributed by atoms with Crippen LogP contribution in [0.4, 0.5) is 0 Å². The molecule has 4 rings (SSSR count). The predicted molar refractivity (Wildman–Crippen MR) is 94.9 cm³/mol. The highest BCUT2D eigenvalue weighted by Gasteiger charge is 2.51. The fourth-order valence-electron chi connectivity index (χ4n) is 3.41. The topological polar surface area (TPSA) is 47.9 Å². The van der Waals surface area contributed by atoms with Crippen molar-refractivity contribution in [2.24, 2.45) is 0 Å². The summed E-state index contributed by atoms with van der Waals surface area (Å²) in [5.74, 6) is 0.931. The van der Waals surface area contributed by atoms with Crippen LogP contribution in [0, 0.1) is 0 Å². The minimum atomic E-state index is -0.672. The van der Waals surface area contributed by atoms with Crippen LogP contribution in [0.15, 0.2) is 42.5 Å². The van der Waals surface area contributed by atoms with Crippen molar-refractivity contribution >= 4 is 22.5 Å². The first-order valence-electron chi connectivity index (χ1n) is 8.42. The van der Waals surface area contributed by atoms with E-state index in [1.807, 2.05) is 25.1 Å². The molecule has 2 aromatic carbocycles. The van der Waals surface area contributed by atoms with Gasteiger partial charge in [-0.2, -0.15) is 0 Å². The molecule has 0 aromatic heterocycles. The molecule has 128 valence electrons. The van der Waals surface area contributed by atoms with Crippen LogP contribution in [0.3, 0.4) is 0 Å². The Bertz CT molecular complexity index is 721. The summed E-state index contributed by atoms with van der Waals surface area (Å²) in [6.07, 6.45) is -2.00. The average molecular weight is 346 g/mol. The van der Waals surface area contributed by atoms with Crippen molar-refractivity contribution in [1.29, 1.82) is 0 Å². The number of thioether (sulfide) groups is 1. The first-order chi connectivity index (χ1) is 11.7. The number of rotatable bonds is 3. The summed E-state index contributed by atoms with van der Waals surface area (Å²) < 4.78 is 18.2. The van der Waals surface area contributed by atoms with Crippen molar-refractivity contribution in [3.05, 3.63) is 48.0 Å². The van der Waals surface area contributed by atoms with Gasteiger partial charge in [-0.05, 0) is 29.5 Å². The zero-order valence-electron chi connectivity index (χ0n) is 13.8. The van der Waals surface area contributed by atoms with Gasteiger partial charge in [0.15, 0.2) is 6.29 Å². The Balaban J connectivity index is 1.61. The maximum Gasteiger partial charge on any atom is 0.185 e. The molecule has 0 unspecified atom stereocenters. The van der Waals surface area contributed by atoms with Gasteiger partial charge < -0.3 is 19.3 Å². The molecule has 0 saturated carbocycles. The Kier molecular flexibility index (Phi) is 4.54. The maximum absolute atomic E-state index is 10.4. The summed E-state index contributed by atoms with van der Waals surface area (Å²) in [7, 11) is 0. The standard InChI is InChI=1S/C19H22O4S/c1-3-24-19-17-16(15(20)11(2)21-19)22-18(23-17)14-9-8-12-6-4-5-7-13(12)10-14/h4-11,15-20H,3H2,1-2H3/t11-,15-,16+,17+,18+,19-/m0/s1. The first kappa shape index (κ1) is 16.4. The van der Waals surface area contributed by atoms with Gasteiger partial charge in [0.1, 0.15) is 23.7 Å². The molecule has 2 aliphatic rings. The van der Waals surface area contributed by atoms with E-state index in [4.69, 9.17) is 14.2 Å². The zero-order valence-corrected chi connectivity index (χ0v) is 14.6. The van der Waals surface area contributed by atoms with Crippen LogP contribution in [-0.2, 0) is 14.2 Å². The van der Waals surface area contributed by atoms with Crippen LogP contribution >= 0.6 is 11.8 Å². The van der Waals surface area contributed by atoms with Gasteiger partial charge in [-0.15, -0.1) is 11.8 Å². The van der Waals surface area contributed by atoms with Crippen molar-refractivity contribution in [3.63, 3.8) is 0 Å². The number of hydrogen-bond acceptors (Lipinski definition) is 5. The lowest BCUT2D eigenvalue weighted by Gasteiger charge is -2.38. The van der Waals surface area contributed by atoms with E-state index in [9.17, 15) is 5.11 Å². The fraction of sp³-hybridized carbons (Fsp3) is 0.474. The van der Waals surface area contributed by atoms with Gasteiger partial charge in [0.25, 0.3) is 0 Å². The van der Waals surface area contributed by atoms with Crippen molar-refractivity contribution < 1.29 is 19.3 Å². The minimum Gasteiger partial charge on any atom is -0.388 e. The van der Waals surface area contributed by atoms with Gasteiger partial charge in [-0.1, -0.05) is 43.3 Å². The van der Waals surface area contributed by atoms with E-state index >= 15 is 0 Å². The third-order valence-electron chi connectivity index (χ3n) is 4.70. The molecule has 0 radical (unpaired) electrons. The molecule has 0 bridgehead atoms. The van der Waals surface area contributed by atoms with Gasteiger partial charge in [0, 0.05) is 5.56 Å². The molecule has 5 heteroatoms. The van der Waals surface area contributed by atoms with Crippen LogP contribution in [0.1, 0.15) is 25.7 Å². The molecule has 4 nitrogen and oxygen atoms in total. The molecular formula is C19H22O4S. The molecule has 2 aliphatic heterocycles. The van der Waals surface area contributed by atoms with Crippen molar-refractivity contribution in [3.8, 4) is 0 Å². The fourth-order valence-corrected chi connectivity index (χ4v) is 4.40. The summed E-state index contributed by atoms with van der Waals surface area (Å²) in [5.41, 5.74) is 0.868. The van der Waals surface area contributed by atoms with Crippen LogP contribution in [-0.4, -0.2) is 40.7 Å². The SMILES string of the molecule is CCS[C@@H]1O[C@@H](C)[C@H](O)[C@H]2O[C@@H](c3ccc4ccccc4c3)O[C@H]21. The van der Waals surface area contributed by atoms with E-state index < -0.39 is 12.4 Å². The highest BCUT2D eigenvalue weighted by Crippen LogP contribution is 2.42. The Hall–Kier alpha value is -1.11. The van der Waals surface area contributed by atoms with Crippen LogP contribution in [0.5, 0.6) is 0 Å². The smallest absolute Gasteiger partial charge is 0.185 e. The molecule has 24 heavy (non-hydrogen) atoms. The maximum atomic E-state index is 10.4. The number of ether oxygens (including phenoxy) is 3. The summed E-state index contributed by atoms with van der Waals surface area (Å²) in [5, 5.41) is 12.8. The Morgan fingerprint density at radius 2 is 1.75 bits per heavy atom. The number of aliphatic hydroxyl groups excluding tert-OH is 1. The zero-order chi connectivity index (χ0) is 16.7. The van der Waals surface area contributed by atoms with Gasteiger partial charge in [0.05, 0.1) is 6.10 Å². The highest BCUT2D eigenvalue weighted by molar-refractivity contribution is 7.99. The third-order valence-corrected chi connectivity index (χ3v) is 5.74. The molecule has 0 aliphatic carbocycles. The average Bonchev–Trinajstić information content (AvgIpc) is 3.05. The van der Waals surface area contributed by atoms with Crippen LogP contribution in [0.2, 0.25) is 0 Å². The van der Waals surface area contributed by atoms with E-state index in [1.165, 1.54) is 5.39 Å². The Morgan fingerprint density at radius 3 is 2.54 bits per heavy atom. The molecule has 2 fully saturated rings. The summed E-state index contributed by atoms with van der Waals surface area (Å²) in [6.45, 7) is 3.98. The predicted octanol–water partition coefficient (Wildman–Crippen LogP) is 3.48. The largest absolute Gasteiger partial charge is 0.388 e. The van der Waals surface area contributed by atoms with Gasteiger partial charge in [0.2, 0.25) is 0 Å². The molecule has 2 saturated heterocycles. The summed E-state index contributed by atoms with van der Waals surface area (Å²) >= 11 is 1.70. The normalized spacial score (nSPS) is 36.0. The van der Waals surface area contributed by atoms with Gasteiger partial charge in [-0.3, -0.25) is 0 Å². The molecule has 6 atom stereocenters. The number of benzene rings is 2. The van der Waals surface area contributed by atoms with Gasteiger partial charge >= 0.3 is 0 Å². The Labute approximate surface area is 146 Å². The van der Waals surface area contributed by atoms with E-state index in [0.717, 1.165) is 16.7 Å². The van der Waals surface area contributed by atoms with Crippen molar-refractivity contribution in [1.82, 2.24) is 0 Å². The minimum absolute atomic E-state index is 0.108. The van der Waals surface area contributed by atoms with Gasteiger partial charge in [-0.25, -0.2) is 0 Å². The summed E-state index contributed by atoms with van der Waals surface area (Å²) in [4.78, 5) is 0. The van der Waals surface area contributed by atoms with E-state index in [1.54, 1.807) is 11.8 Å². The second-order valence-corrected chi connectivity index (χ2v) is 7.67. The Morgan fingerprint density at radius 1 is 1.00 bits per heavy atom. The first-order valence-corrected chi connectivity index (χ1v) is 9.47. The molecule has 2 aromatic rings. The molecule has 1 N–H and O–H groups in total. The second-order valence-electron chi connectivity index (χ2n) is 6.30. The molecule has 0 amide bonds. The lowest BCUT2D eigenvalue weighted by molar-refractivity contribution is -0.153. The van der Waals surface area contributed by atoms with E-state index in [2.05, 4.69) is 31.2 Å². The monoisotopic (exact) mass is 346 g/mol. The van der Waals surface area contributed by atoms with E-state index in [-0.39, 0.29) is 23.7 Å². The van der Waals surface area contributed by atoms with E-state index in [0.29, 0.717) is 0 Å². The molecule has 2 heterocycles. The molecule has 0 spiro atoms. The van der Waals surface area contributed by atoms with Crippen molar-refractivity contribution in [2.75, 3.05) is 5.75 Å². The summed E-state index contributed by atoms with van der Waals surface area (Å²) in [6, 6.07) is 14.4. The molecular weight excluding hydrogens is 324 g/mol. The third kappa shape index (κ3) is 2.85. The van der Waals surface area contributed by atoms with Crippen LogP contribution in [0.25, 0.3) is 10.8 Å².